The topological polar surface area (TPSA) is 40.6 Å². The molecule has 5 heteroatoms. The average Bonchev–Trinajstić information content (AvgIpc) is 2.89. The smallest absolute Gasteiger partial charge is 0.230 e. The van der Waals surface area contributed by atoms with E-state index in [1.165, 1.54) is 12.1 Å². The van der Waals surface area contributed by atoms with E-state index in [1.807, 2.05) is 0 Å². The van der Waals surface area contributed by atoms with E-state index in [0.717, 1.165) is 11.3 Å². The van der Waals surface area contributed by atoms with E-state index in [0.29, 0.717) is 38.9 Å². The maximum atomic E-state index is 13.2. The van der Waals surface area contributed by atoms with Gasteiger partial charge in [-0.25, -0.2) is 4.39 Å². The SMILES string of the molecule is CC(=O)N1CCC(C(=O)N2CCc3cc(F)ccc32)CC1. The fourth-order valence-corrected chi connectivity index (χ4v) is 3.26. The lowest BCUT2D eigenvalue weighted by atomic mass is 9.95. The van der Waals surface area contributed by atoms with Crippen LogP contribution in [0.3, 0.4) is 0 Å². The van der Waals surface area contributed by atoms with Crippen LogP contribution in [0.1, 0.15) is 25.3 Å². The molecule has 0 unspecified atom stereocenters. The Morgan fingerprint density at radius 3 is 2.57 bits per heavy atom. The van der Waals surface area contributed by atoms with Gasteiger partial charge >= 0.3 is 0 Å². The van der Waals surface area contributed by atoms with Crippen LogP contribution in [0.25, 0.3) is 0 Å². The number of benzene rings is 1. The minimum absolute atomic E-state index is 0.0309. The van der Waals surface area contributed by atoms with Crippen molar-refractivity contribution in [1.29, 1.82) is 0 Å². The van der Waals surface area contributed by atoms with Gasteiger partial charge in [0.2, 0.25) is 11.8 Å². The lowest BCUT2D eigenvalue weighted by Crippen LogP contribution is -2.43. The number of carbonyl (C=O) groups is 2. The van der Waals surface area contributed by atoms with Crippen LogP contribution in [0.4, 0.5) is 10.1 Å². The van der Waals surface area contributed by atoms with Crippen LogP contribution in [-0.4, -0.2) is 36.3 Å². The molecule has 4 nitrogen and oxygen atoms in total. The average molecular weight is 290 g/mol. The quantitative estimate of drug-likeness (QED) is 0.793. The number of amides is 2. The first-order valence-electron chi connectivity index (χ1n) is 7.41. The second kappa shape index (κ2) is 5.47. The summed E-state index contributed by atoms with van der Waals surface area (Å²) in [5, 5.41) is 0. The number of hydrogen-bond acceptors (Lipinski definition) is 2. The fourth-order valence-electron chi connectivity index (χ4n) is 3.26. The zero-order valence-electron chi connectivity index (χ0n) is 12.1. The van der Waals surface area contributed by atoms with Gasteiger partial charge in [0, 0.05) is 38.2 Å². The highest BCUT2D eigenvalue weighted by molar-refractivity contribution is 5.97. The van der Waals surface area contributed by atoms with Crippen LogP contribution >= 0.6 is 0 Å². The summed E-state index contributed by atoms with van der Waals surface area (Å²) < 4.78 is 13.2. The molecule has 1 aromatic carbocycles. The minimum Gasteiger partial charge on any atom is -0.343 e. The highest BCUT2D eigenvalue weighted by Crippen LogP contribution is 2.31. The molecule has 0 bridgehead atoms. The first-order valence-corrected chi connectivity index (χ1v) is 7.41. The molecule has 0 N–H and O–H groups in total. The monoisotopic (exact) mass is 290 g/mol. The third-order valence-corrected chi connectivity index (χ3v) is 4.49. The maximum absolute atomic E-state index is 13.2. The van der Waals surface area contributed by atoms with Crippen LogP contribution in [0.15, 0.2) is 18.2 Å². The van der Waals surface area contributed by atoms with Crippen LogP contribution in [-0.2, 0) is 16.0 Å². The third kappa shape index (κ3) is 2.64. The molecule has 21 heavy (non-hydrogen) atoms. The summed E-state index contributed by atoms with van der Waals surface area (Å²) in [6.45, 7) is 3.49. The summed E-state index contributed by atoms with van der Waals surface area (Å²) in [4.78, 5) is 27.5. The van der Waals surface area contributed by atoms with Crippen molar-refractivity contribution < 1.29 is 14.0 Å². The molecule has 2 aliphatic rings. The van der Waals surface area contributed by atoms with Gasteiger partial charge in [-0.2, -0.15) is 0 Å². The molecule has 0 atom stereocenters. The lowest BCUT2D eigenvalue weighted by Gasteiger charge is -2.32. The van der Waals surface area contributed by atoms with Crippen molar-refractivity contribution in [3.8, 4) is 0 Å². The van der Waals surface area contributed by atoms with Crippen molar-refractivity contribution in [2.45, 2.75) is 26.2 Å². The largest absolute Gasteiger partial charge is 0.343 e. The van der Waals surface area contributed by atoms with E-state index in [1.54, 1.807) is 22.8 Å². The number of piperidine rings is 1. The predicted molar refractivity (Wildman–Crippen MR) is 77.4 cm³/mol. The number of rotatable bonds is 1. The Balaban J connectivity index is 1.70. The predicted octanol–water partition coefficient (Wildman–Crippen LogP) is 1.97. The molecule has 3 rings (SSSR count). The molecule has 1 fully saturated rings. The lowest BCUT2D eigenvalue weighted by molar-refractivity contribution is -0.133. The van der Waals surface area contributed by atoms with E-state index in [4.69, 9.17) is 0 Å². The Morgan fingerprint density at radius 1 is 1.19 bits per heavy atom. The molecule has 0 spiro atoms. The number of anilines is 1. The molecule has 2 heterocycles. The molecule has 0 aliphatic carbocycles. The Hall–Kier alpha value is -1.91. The van der Waals surface area contributed by atoms with Crippen LogP contribution < -0.4 is 4.90 Å². The molecule has 1 aromatic rings. The van der Waals surface area contributed by atoms with Gasteiger partial charge in [-0.05, 0) is 43.0 Å². The summed E-state index contributed by atoms with van der Waals surface area (Å²) in [6.07, 6.45) is 2.14. The first kappa shape index (κ1) is 14.0. The molecule has 0 aromatic heterocycles. The molecule has 112 valence electrons. The summed E-state index contributed by atoms with van der Waals surface area (Å²) in [5.41, 5.74) is 1.75. The molecular weight excluding hydrogens is 271 g/mol. The standard InChI is InChI=1S/C16H19FN2O2/c1-11(20)18-7-4-12(5-8-18)16(21)19-9-6-13-10-14(17)2-3-15(13)19/h2-3,10,12H,4-9H2,1H3. The summed E-state index contributed by atoms with van der Waals surface area (Å²) >= 11 is 0. The van der Waals surface area contributed by atoms with Crippen molar-refractivity contribution in [3.63, 3.8) is 0 Å². The summed E-state index contributed by atoms with van der Waals surface area (Å²) in [6, 6.07) is 4.62. The molecule has 2 aliphatic heterocycles. The molecular formula is C16H19FN2O2. The molecule has 1 saturated heterocycles. The van der Waals surface area contributed by atoms with E-state index in [-0.39, 0.29) is 23.5 Å². The van der Waals surface area contributed by atoms with Gasteiger partial charge in [0.25, 0.3) is 0 Å². The van der Waals surface area contributed by atoms with Crippen LogP contribution in [0, 0.1) is 11.7 Å². The Labute approximate surface area is 123 Å². The van der Waals surface area contributed by atoms with Crippen molar-refractivity contribution in [2.75, 3.05) is 24.5 Å². The first-order chi connectivity index (χ1) is 10.1. The van der Waals surface area contributed by atoms with Gasteiger partial charge in [-0.15, -0.1) is 0 Å². The van der Waals surface area contributed by atoms with Gasteiger partial charge < -0.3 is 9.80 Å². The number of likely N-dealkylation sites (tertiary alicyclic amines) is 1. The van der Waals surface area contributed by atoms with Crippen molar-refractivity contribution in [3.05, 3.63) is 29.6 Å². The number of nitrogens with zero attached hydrogens (tertiary/aromatic N) is 2. The van der Waals surface area contributed by atoms with Crippen LogP contribution in [0.2, 0.25) is 0 Å². The summed E-state index contributed by atoms with van der Waals surface area (Å²) in [5.74, 6) is -0.0964. The normalized spacial score (nSPS) is 18.8. The number of carbonyl (C=O) groups excluding carboxylic acids is 2. The van der Waals surface area contributed by atoms with E-state index < -0.39 is 0 Å². The Kier molecular flexibility index (Phi) is 3.66. The molecule has 0 saturated carbocycles. The van der Waals surface area contributed by atoms with E-state index in [9.17, 15) is 14.0 Å². The fraction of sp³-hybridized carbons (Fsp3) is 0.500. The van der Waals surface area contributed by atoms with Crippen molar-refractivity contribution in [2.24, 2.45) is 5.92 Å². The summed E-state index contributed by atoms with van der Waals surface area (Å²) in [7, 11) is 0. The highest BCUT2D eigenvalue weighted by Gasteiger charge is 2.32. The Bertz CT molecular complexity index is 580. The second-order valence-electron chi connectivity index (χ2n) is 5.79. The third-order valence-electron chi connectivity index (χ3n) is 4.49. The van der Waals surface area contributed by atoms with Crippen molar-refractivity contribution >= 4 is 17.5 Å². The zero-order valence-corrected chi connectivity index (χ0v) is 12.1. The zero-order chi connectivity index (χ0) is 15.0. The van der Waals surface area contributed by atoms with E-state index in [2.05, 4.69) is 0 Å². The second-order valence-corrected chi connectivity index (χ2v) is 5.79. The minimum atomic E-state index is -0.252. The molecule has 2 amide bonds. The number of hydrogen-bond donors (Lipinski definition) is 0. The maximum Gasteiger partial charge on any atom is 0.230 e. The van der Waals surface area contributed by atoms with Gasteiger partial charge in [-0.3, -0.25) is 9.59 Å². The molecule has 0 radical (unpaired) electrons. The van der Waals surface area contributed by atoms with Gasteiger partial charge in [0.05, 0.1) is 0 Å². The van der Waals surface area contributed by atoms with Gasteiger partial charge in [0.15, 0.2) is 0 Å². The van der Waals surface area contributed by atoms with Gasteiger partial charge in [-0.1, -0.05) is 0 Å². The van der Waals surface area contributed by atoms with Gasteiger partial charge in [0.1, 0.15) is 5.82 Å². The Morgan fingerprint density at radius 2 is 1.90 bits per heavy atom. The van der Waals surface area contributed by atoms with E-state index >= 15 is 0 Å². The number of fused-ring (bicyclic) bond motifs is 1. The number of halogens is 1. The van der Waals surface area contributed by atoms with Crippen LogP contribution in [0.5, 0.6) is 0 Å². The highest BCUT2D eigenvalue weighted by atomic mass is 19.1. The van der Waals surface area contributed by atoms with Crippen molar-refractivity contribution in [1.82, 2.24) is 4.90 Å².